The molecule has 0 aromatic rings. The molecule has 0 spiro atoms. The molecular weight excluding hydrogens is 220 g/mol. The lowest BCUT2D eigenvalue weighted by Gasteiger charge is -2.30. The minimum Gasteiger partial charge on any atom is -0.316 e. The Morgan fingerprint density at radius 1 is 1.11 bits per heavy atom. The van der Waals surface area contributed by atoms with E-state index in [4.69, 9.17) is 0 Å². The number of rotatable bonds is 2. The van der Waals surface area contributed by atoms with Gasteiger partial charge in [-0.15, -0.1) is 0 Å². The number of nitrogens with one attached hydrogen (secondary N) is 1. The molecule has 0 amide bonds. The van der Waals surface area contributed by atoms with Crippen LogP contribution >= 0.6 is 0 Å². The van der Waals surface area contributed by atoms with Gasteiger partial charge in [-0.25, -0.2) is 0 Å². The van der Waals surface area contributed by atoms with Crippen LogP contribution in [0.25, 0.3) is 0 Å². The molecule has 2 fully saturated rings. The molecule has 1 N–H and O–H groups in total. The molecule has 2 aliphatic heterocycles. The van der Waals surface area contributed by atoms with Gasteiger partial charge in [0, 0.05) is 6.54 Å². The van der Waals surface area contributed by atoms with E-state index in [1.54, 1.807) is 0 Å². The van der Waals surface area contributed by atoms with E-state index >= 15 is 0 Å². The molecule has 3 atom stereocenters. The molecule has 0 aromatic carbocycles. The summed E-state index contributed by atoms with van der Waals surface area (Å²) < 4.78 is 0. The number of nitrogens with zero attached hydrogens (tertiary/aromatic N) is 1. The zero-order valence-corrected chi connectivity index (χ0v) is 12.8. The summed E-state index contributed by atoms with van der Waals surface area (Å²) in [5.41, 5.74) is 0.498. The Bertz CT molecular complexity index is 256. The molecule has 0 aromatic heterocycles. The van der Waals surface area contributed by atoms with Crippen molar-refractivity contribution in [1.29, 1.82) is 0 Å². The zero-order chi connectivity index (χ0) is 13.2. The highest BCUT2D eigenvalue weighted by molar-refractivity contribution is 4.83. The van der Waals surface area contributed by atoms with Crippen molar-refractivity contribution in [2.24, 2.45) is 23.2 Å². The van der Waals surface area contributed by atoms with Crippen LogP contribution in [0, 0.1) is 23.2 Å². The molecule has 2 rings (SSSR count). The van der Waals surface area contributed by atoms with Crippen molar-refractivity contribution < 1.29 is 0 Å². The molecule has 0 bridgehead atoms. The maximum atomic E-state index is 3.53. The Labute approximate surface area is 114 Å². The quantitative estimate of drug-likeness (QED) is 0.813. The first-order valence-electron chi connectivity index (χ1n) is 7.90. The molecule has 0 saturated carbocycles. The van der Waals surface area contributed by atoms with Crippen LogP contribution in [-0.4, -0.2) is 37.6 Å². The van der Waals surface area contributed by atoms with E-state index in [0.29, 0.717) is 5.41 Å². The predicted molar refractivity (Wildman–Crippen MR) is 78.8 cm³/mol. The lowest BCUT2D eigenvalue weighted by molar-refractivity contribution is 0.195. The molecule has 0 radical (unpaired) electrons. The van der Waals surface area contributed by atoms with Crippen LogP contribution in [0.2, 0.25) is 0 Å². The summed E-state index contributed by atoms with van der Waals surface area (Å²) in [4.78, 5) is 2.74. The van der Waals surface area contributed by atoms with E-state index in [-0.39, 0.29) is 0 Å². The van der Waals surface area contributed by atoms with Gasteiger partial charge in [0.15, 0.2) is 0 Å². The lowest BCUT2D eigenvalue weighted by atomic mass is 9.77. The van der Waals surface area contributed by atoms with Crippen molar-refractivity contribution >= 4 is 0 Å². The number of likely N-dealkylation sites (tertiary alicyclic amines) is 1. The van der Waals surface area contributed by atoms with E-state index in [0.717, 1.165) is 17.8 Å². The normalized spacial score (nSPS) is 35.7. The molecular formula is C16H32N2. The summed E-state index contributed by atoms with van der Waals surface area (Å²) in [6, 6.07) is 0. The van der Waals surface area contributed by atoms with Gasteiger partial charge in [-0.3, -0.25) is 0 Å². The Balaban J connectivity index is 1.82. The lowest BCUT2D eigenvalue weighted by Crippen LogP contribution is -2.33. The van der Waals surface area contributed by atoms with E-state index in [1.807, 2.05) is 0 Å². The van der Waals surface area contributed by atoms with Crippen molar-refractivity contribution in [2.45, 2.75) is 47.0 Å². The maximum absolute atomic E-state index is 3.53. The minimum atomic E-state index is 0.498. The fourth-order valence-corrected chi connectivity index (χ4v) is 3.64. The summed E-state index contributed by atoms with van der Waals surface area (Å²) in [5.74, 6) is 2.67. The third-order valence-electron chi connectivity index (χ3n) is 5.22. The smallest absolute Gasteiger partial charge is 0.00248 e. The molecule has 106 valence electrons. The van der Waals surface area contributed by atoms with Crippen LogP contribution in [0.4, 0.5) is 0 Å². The van der Waals surface area contributed by atoms with E-state index < -0.39 is 0 Å². The van der Waals surface area contributed by atoms with Crippen molar-refractivity contribution in [3.05, 3.63) is 0 Å². The van der Waals surface area contributed by atoms with Gasteiger partial charge in [0.1, 0.15) is 0 Å². The van der Waals surface area contributed by atoms with Gasteiger partial charge in [-0.1, -0.05) is 27.7 Å². The fourth-order valence-electron chi connectivity index (χ4n) is 3.64. The van der Waals surface area contributed by atoms with Gasteiger partial charge in [-0.2, -0.15) is 0 Å². The van der Waals surface area contributed by atoms with Crippen LogP contribution in [0.3, 0.4) is 0 Å². The highest BCUT2D eigenvalue weighted by atomic mass is 15.1. The second-order valence-corrected chi connectivity index (χ2v) is 7.69. The van der Waals surface area contributed by atoms with Crippen molar-refractivity contribution in [2.75, 3.05) is 32.7 Å². The Morgan fingerprint density at radius 3 is 2.50 bits per heavy atom. The topological polar surface area (TPSA) is 15.3 Å². The molecule has 2 heterocycles. The minimum absolute atomic E-state index is 0.498. The summed E-state index contributed by atoms with van der Waals surface area (Å²) >= 11 is 0. The van der Waals surface area contributed by atoms with Crippen molar-refractivity contribution in [3.63, 3.8) is 0 Å². The highest BCUT2D eigenvalue weighted by Crippen LogP contribution is 2.34. The van der Waals surface area contributed by atoms with Gasteiger partial charge in [0.2, 0.25) is 0 Å². The van der Waals surface area contributed by atoms with Crippen LogP contribution in [0.5, 0.6) is 0 Å². The molecule has 18 heavy (non-hydrogen) atoms. The molecule has 2 aliphatic rings. The first kappa shape index (κ1) is 14.3. The first-order valence-corrected chi connectivity index (χ1v) is 7.90. The summed E-state index contributed by atoms with van der Waals surface area (Å²) in [5, 5.41) is 3.53. The van der Waals surface area contributed by atoms with Gasteiger partial charge in [0.05, 0.1) is 0 Å². The van der Waals surface area contributed by atoms with Crippen molar-refractivity contribution in [1.82, 2.24) is 10.2 Å². The third kappa shape index (κ3) is 3.71. The molecule has 2 nitrogen and oxygen atoms in total. The van der Waals surface area contributed by atoms with Gasteiger partial charge < -0.3 is 10.2 Å². The standard InChI is InChI=1S/C16H32N2/c1-13-10-17-11-14(13)12-18-8-5-6-15(7-9-18)16(2,3)4/h13-15,17H,5-12H2,1-4H3/t13-,14+,15?/m1/s1. The third-order valence-corrected chi connectivity index (χ3v) is 5.22. The van der Waals surface area contributed by atoms with E-state index in [2.05, 4.69) is 37.9 Å². The Hall–Kier alpha value is -0.0800. The molecule has 0 aliphatic carbocycles. The highest BCUT2D eigenvalue weighted by Gasteiger charge is 2.29. The summed E-state index contributed by atoms with van der Waals surface area (Å²) in [7, 11) is 0. The summed E-state index contributed by atoms with van der Waals surface area (Å²) in [6.07, 6.45) is 4.23. The van der Waals surface area contributed by atoms with Gasteiger partial charge in [0.25, 0.3) is 0 Å². The Kier molecular flexibility index (Phi) is 4.71. The fraction of sp³-hybridized carbons (Fsp3) is 1.00. The largest absolute Gasteiger partial charge is 0.316 e. The second-order valence-electron chi connectivity index (χ2n) is 7.69. The molecule has 2 saturated heterocycles. The average Bonchev–Trinajstić information content (AvgIpc) is 2.54. The first-order chi connectivity index (χ1) is 8.47. The van der Waals surface area contributed by atoms with Crippen LogP contribution in [0.15, 0.2) is 0 Å². The second kappa shape index (κ2) is 5.92. The monoisotopic (exact) mass is 252 g/mol. The predicted octanol–water partition coefficient (Wildman–Crippen LogP) is 2.99. The van der Waals surface area contributed by atoms with E-state index in [1.165, 1.54) is 52.0 Å². The van der Waals surface area contributed by atoms with Gasteiger partial charge >= 0.3 is 0 Å². The number of hydrogen-bond donors (Lipinski definition) is 1. The molecule has 2 heteroatoms. The van der Waals surface area contributed by atoms with Crippen LogP contribution in [0.1, 0.15) is 47.0 Å². The zero-order valence-electron chi connectivity index (χ0n) is 12.8. The van der Waals surface area contributed by atoms with Crippen LogP contribution < -0.4 is 5.32 Å². The summed E-state index contributed by atoms with van der Waals surface area (Å²) in [6.45, 7) is 16.1. The van der Waals surface area contributed by atoms with E-state index in [9.17, 15) is 0 Å². The number of hydrogen-bond acceptors (Lipinski definition) is 2. The Morgan fingerprint density at radius 2 is 1.89 bits per heavy atom. The maximum Gasteiger partial charge on any atom is 0.00248 e. The van der Waals surface area contributed by atoms with Crippen molar-refractivity contribution in [3.8, 4) is 0 Å². The van der Waals surface area contributed by atoms with Gasteiger partial charge in [-0.05, 0) is 68.6 Å². The SMILES string of the molecule is C[C@@H]1CNC[C@H]1CN1CCCC(C(C)(C)C)CC1. The average molecular weight is 252 g/mol. The van der Waals surface area contributed by atoms with Crippen LogP contribution in [-0.2, 0) is 0 Å². The molecule has 1 unspecified atom stereocenters.